The van der Waals surface area contributed by atoms with E-state index in [1.54, 1.807) is 0 Å². The number of thiol groups is 1. The summed E-state index contributed by atoms with van der Waals surface area (Å²) in [4.78, 5) is 18.0. The number of hydrogen-bond donors (Lipinski definition) is 2. The second-order valence-corrected chi connectivity index (χ2v) is 4.10. The molecule has 0 saturated heterocycles. The fourth-order valence-corrected chi connectivity index (χ4v) is 1.44. The van der Waals surface area contributed by atoms with Crippen LogP contribution in [0.4, 0.5) is 19.4 Å². The predicted octanol–water partition coefficient (Wildman–Crippen LogP) is 2.80. The molecule has 1 heterocycles. The molecule has 2 aromatic rings. The van der Waals surface area contributed by atoms with Gasteiger partial charge >= 0.3 is 6.01 Å². The number of rotatable bonds is 4. The van der Waals surface area contributed by atoms with Gasteiger partial charge < -0.3 is 4.74 Å². The van der Waals surface area contributed by atoms with Gasteiger partial charge in [0.25, 0.3) is 5.24 Å². The van der Waals surface area contributed by atoms with E-state index in [-0.39, 0.29) is 24.3 Å². The molecule has 1 N–H and O–H groups in total. The fraction of sp³-hybridized carbons (Fsp3) is 0.0833. The summed E-state index contributed by atoms with van der Waals surface area (Å²) in [6.45, 7) is 0.0835. The van der Waals surface area contributed by atoms with Gasteiger partial charge in [-0.25, -0.2) is 13.8 Å². The average molecular weight is 297 g/mol. The van der Waals surface area contributed by atoms with Gasteiger partial charge in [0.2, 0.25) is 0 Å². The number of amides is 1. The lowest BCUT2D eigenvalue weighted by Crippen LogP contribution is -2.08. The first kappa shape index (κ1) is 14.2. The second-order valence-electron chi connectivity index (χ2n) is 3.69. The van der Waals surface area contributed by atoms with Gasteiger partial charge in [0, 0.05) is 0 Å². The van der Waals surface area contributed by atoms with Crippen molar-refractivity contribution >= 4 is 23.7 Å². The van der Waals surface area contributed by atoms with Crippen molar-refractivity contribution in [3.8, 4) is 6.01 Å². The van der Waals surface area contributed by atoms with Crippen molar-refractivity contribution in [1.82, 2.24) is 9.97 Å². The van der Waals surface area contributed by atoms with Gasteiger partial charge in [0.1, 0.15) is 12.4 Å². The molecule has 0 aliphatic rings. The van der Waals surface area contributed by atoms with Crippen molar-refractivity contribution in [3.05, 3.63) is 47.7 Å². The summed E-state index contributed by atoms with van der Waals surface area (Å²) in [7, 11) is 0. The molecule has 0 saturated carbocycles. The number of carbonyl (C=O) groups excluding carboxylic acids is 1. The Labute approximate surface area is 118 Å². The minimum absolute atomic E-state index is 0.0835. The number of ether oxygens (including phenoxy) is 1. The van der Waals surface area contributed by atoms with Gasteiger partial charge in [-0.15, -0.1) is 0 Å². The first-order valence-electron chi connectivity index (χ1n) is 5.44. The predicted molar refractivity (Wildman–Crippen MR) is 70.7 cm³/mol. The molecule has 1 aromatic carbocycles. The van der Waals surface area contributed by atoms with Crippen molar-refractivity contribution < 1.29 is 18.3 Å². The number of halogens is 2. The molecular formula is C12H9F2N3O2S. The quantitative estimate of drug-likeness (QED) is 0.852. The van der Waals surface area contributed by atoms with E-state index < -0.39 is 11.1 Å². The minimum atomic E-state index is -0.804. The van der Waals surface area contributed by atoms with Crippen molar-refractivity contribution in [2.45, 2.75) is 6.61 Å². The maximum Gasteiger partial charge on any atom is 0.318 e. The van der Waals surface area contributed by atoms with E-state index in [0.717, 1.165) is 6.20 Å². The highest BCUT2D eigenvalue weighted by Gasteiger charge is 2.09. The highest BCUT2D eigenvalue weighted by atomic mass is 32.1. The molecule has 0 aliphatic carbocycles. The van der Waals surface area contributed by atoms with Crippen molar-refractivity contribution in [3.63, 3.8) is 0 Å². The second kappa shape index (κ2) is 6.29. The van der Waals surface area contributed by atoms with Crippen LogP contribution in [0.5, 0.6) is 6.01 Å². The van der Waals surface area contributed by atoms with Gasteiger partial charge in [0.05, 0.1) is 6.20 Å². The lowest BCUT2D eigenvalue weighted by molar-refractivity contribution is 0.269. The molecule has 0 radical (unpaired) electrons. The van der Waals surface area contributed by atoms with Gasteiger partial charge in [0.15, 0.2) is 11.6 Å². The molecule has 0 aliphatic heterocycles. The van der Waals surface area contributed by atoms with Gasteiger partial charge in [-0.2, -0.15) is 4.98 Å². The van der Waals surface area contributed by atoms with E-state index in [2.05, 4.69) is 27.9 Å². The van der Waals surface area contributed by atoms with Crippen LogP contribution in [0.1, 0.15) is 5.56 Å². The molecule has 5 nitrogen and oxygen atoms in total. The molecule has 0 bridgehead atoms. The minimum Gasteiger partial charge on any atom is -0.459 e. The number of anilines is 1. The standard InChI is InChI=1S/C12H9F2N3O2S/c13-8-3-1-7(2-4-8)6-19-11-15-5-9(14)10(16-11)17-12(18)20/h1-5H,6H2,(H2,15,16,17,18,20). The fourth-order valence-electron chi connectivity index (χ4n) is 1.34. The van der Waals surface area contributed by atoms with Crippen LogP contribution in [0, 0.1) is 11.6 Å². The highest BCUT2D eigenvalue weighted by Crippen LogP contribution is 2.15. The Hall–Kier alpha value is -2.22. The van der Waals surface area contributed by atoms with E-state index in [4.69, 9.17) is 4.74 Å². The van der Waals surface area contributed by atoms with Crippen LogP contribution in [0.3, 0.4) is 0 Å². The van der Waals surface area contributed by atoms with Gasteiger partial charge in [-0.1, -0.05) is 24.8 Å². The molecule has 0 atom stereocenters. The lowest BCUT2D eigenvalue weighted by Gasteiger charge is -2.07. The molecule has 1 amide bonds. The first-order valence-corrected chi connectivity index (χ1v) is 5.89. The Balaban J connectivity index is 2.06. The summed E-state index contributed by atoms with van der Waals surface area (Å²) in [5.41, 5.74) is 0.694. The van der Waals surface area contributed by atoms with E-state index >= 15 is 0 Å². The Morgan fingerprint density at radius 3 is 2.65 bits per heavy atom. The van der Waals surface area contributed by atoms with Crippen molar-refractivity contribution in [1.29, 1.82) is 0 Å². The summed E-state index contributed by atoms with van der Waals surface area (Å²) in [6, 6.07) is 5.53. The molecule has 0 fully saturated rings. The van der Waals surface area contributed by atoms with Crippen molar-refractivity contribution in [2.75, 3.05) is 5.32 Å². The third kappa shape index (κ3) is 3.89. The molecule has 0 unspecified atom stereocenters. The average Bonchev–Trinajstić information content (AvgIpc) is 2.41. The van der Waals surface area contributed by atoms with E-state index in [1.807, 2.05) is 0 Å². The van der Waals surface area contributed by atoms with Crippen LogP contribution in [0.15, 0.2) is 30.5 Å². The SMILES string of the molecule is O=C(S)Nc1nc(OCc2ccc(F)cc2)ncc1F. The van der Waals surface area contributed by atoms with E-state index in [1.165, 1.54) is 24.3 Å². The molecule has 20 heavy (non-hydrogen) atoms. The zero-order valence-corrected chi connectivity index (χ0v) is 10.9. The number of benzene rings is 1. The Morgan fingerprint density at radius 2 is 2.00 bits per heavy atom. The normalized spacial score (nSPS) is 10.2. The summed E-state index contributed by atoms with van der Waals surface area (Å²) < 4.78 is 31.2. The third-order valence-electron chi connectivity index (χ3n) is 2.23. The van der Waals surface area contributed by atoms with E-state index in [9.17, 15) is 13.6 Å². The molecule has 8 heteroatoms. The van der Waals surface area contributed by atoms with Crippen molar-refractivity contribution in [2.24, 2.45) is 0 Å². The van der Waals surface area contributed by atoms with Crippen LogP contribution < -0.4 is 10.1 Å². The number of nitrogens with zero attached hydrogens (tertiary/aromatic N) is 2. The Morgan fingerprint density at radius 1 is 1.30 bits per heavy atom. The number of hydrogen-bond acceptors (Lipinski definition) is 4. The van der Waals surface area contributed by atoms with Crippen LogP contribution in [0.2, 0.25) is 0 Å². The number of carbonyl (C=O) groups is 1. The smallest absolute Gasteiger partial charge is 0.318 e. The lowest BCUT2D eigenvalue weighted by atomic mass is 10.2. The van der Waals surface area contributed by atoms with E-state index in [0.29, 0.717) is 5.56 Å². The summed E-state index contributed by atoms with van der Waals surface area (Å²) in [6.07, 6.45) is 0.867. The Kier molecular flexibility index (Phi) is 4.46. The largest absolute Gasteiger partial charge is 0.459 e. The van der Waals surface area contributed by atoms with Crippen LogP contribution in [-0.2, 0) is 6.61 Å². The molecule has 2 rings (SSSR count). The van der Waals surface area contributed by atoms with Crippen LogP contribution >= 0.6 is 12.6 Å². The number of aromatic nitrogens is 2. The Bertz CT molecular complexity index is 623. The summed E-state index contributed by atoms with van der Waals surface area (Å²) >= 11 is 3.46. The maximum atomic E-state index is 13.3. The third-order valence-corrected chi connectivity index (χ3v) is 2.34. The maximum absolute atomic E-state index is 13.3. The zero-order chi connectivity index (χ0) is 14.5. The summed E-state index contributed by atoms with van der Waals surface area (Å²) in [5, 5.41) is 1.33. The molecule has 1 aromatic heterocycles. The van der Waals surface area contributed by atoms with Crippen LogP contribution in [-0.4, -0.2) is 15.2 Å². The molecule has 0 spiro atoms. The molecule has 104 valence electrons. The monoisotopic (exact) mass is 297 g/mol. The summed E-state index contributed by atoms with van der Waals surface area (Å²) in [5.74, 6) is -1.49. The molecular weight excluding hydrogens is 288 g/mol. The first-order chi connectivity index (χ1) is 9.54. The van der Waals surface area contributed by atoms with Crippen LogP contribution in [0.25, 0.3) is 0 Å². The van der Waals surface area contributed by atoms with Gasteiger partial charge in [-0.05, 0) is 17.7 Å². The highest BCUT2D eigenvalue weighted by molar-refractivity contribution is 7.96. The topological polar surface area (TPSA) is 64.1 Å². The number of nitrogens with one attached hydrogen (secondary N) is 1. The zero-order valence-electron chi connectivity index (χ0n) is 10.0. The van der Waals surface area contributed by atoms with Gasteiger partial charge in [-0.3, -0.25) is 10.1 Å².